The van der Waals surface area contributed by atoms with Crippen molar-refractivity contribution in [3.05, 3.63) is 33.2 Å². The fourth-order valence-electron chi connectivity index (χ4n) is 2.40. The molecule has 0 saturated heterocycles. The first-order valence-electron chi connectivity index (χ1n) is 6.75. The molecule has 2 aromatic carbocycles. The van der Waals surface area contributed by atoms with Crippen molar-refractivity contribution in [1.82, 2.24) is 0 Å². The summed E-state index contributed by atoms with van der Waals surface area (Å²) >= 11 is 5.32. The second-order valence-corrected chi connectivity index (χ2v) is 12.6. The molecule has 0 aliphatic rings. The summed E-state index contributed by atoms with van der Waals surface area (Å²) in [5.41, 5.74) is -3.08. The first kappa shape index (κ1) is 41.5. The largest absolute Gasteiger partial charge is 1.00 e. The van der Waals surface area contributed by atoms with Gasteiger partial charge in [0.25, 0.3) is 0 Å². The average molecular weight is 720 g/mol. The van der Waals surface area contributed by atoms with E-state index in [1.807, 2.05) is 0 Å². The van der Waals surface area contributed by atoms with Gasteiger partial charge in [0.1, 0.15) is 40.5 Å². The molecule has 22 heteroatoms. The Morgan fingerprint density at radius 3 is 0.706 bits per heavy atom. The first-order valence-corrected chi connectivity index (χ1v) is 14.0. The zero-order valence-electron chi connectivity index (χ0n) is 17.6. The molecule has 0 radical (unpaired) electrons. The predicted octanol–water partition coefficient (Wildman–Crippen LogP) is -11.5. The van der Waals surface area contributed by atoms with Gasteiger partial charge in [-0.05, 0) is 24.3 Å². The van der Waals surface area contributed by atoms with Crippen molar-refractivity contribution in [3.8, 4) is 11.1 Å². The number of rotatable bonds is 5. The van der Waals surface area contributed by atoms with E-state index in [0.29, 0.717) is 24.3 Å². The van der Waals surface area contributed by atoms with Crippen molar-refractivity contribution in [2.24, 2.45) is 0 Å². The summed E-state index contributed by atoms with van der Waals surface area (Å²) < 4.78 is 140. The van der Waals surface area contributed by atoms with Crippen LogP contribution < -0.4 is 118 Å². The van der Waals surface area contributed by atoms with Crippen LogP contribution in [0.2, 0.25) is 0 Å². The van der Waals surface area contributed by atoms with Crippen LogP contribution in [0.15, 0.2) is 52.8 Å². The van der Waals surface area contributed by atoms with E-state index in [9.17, 15) is 51.9 Å². The van der Waals surface area contributed by atoms with Crippen LogP contribution in [0.25, 0.3) is 11.1 Å². The zero-order chi connectivity index (χ0) is 23.4. The summed E-state index contributed by atoms with van der Waals surface area (Å²) in [5, 5.41) is 0. The summed E-state index contributed by atoms with van der Waals surface area (Å²) in [6.07, 6.45) is 0. The maximum Gasteiger partial charge on any atom is 1.00 e. The van der Waals surface area contributed by atoms with Crippen molar-refractivity contribution >= 4 is 72.3 Å². The van der Waals surface area contributed by atoms with Crippen molar-refractivity contribution in [2.45, 2.75) is 19.6 Å². The Balaban J connectivity index is -0.00000240. The van der Waals surface area contributed by atoms with Gasteiger partial charge in [0.05, 0.1) is 19.6 Å². The second-order valence-electron chi connectivity index (χ2n) is 5.37. The third kappa shape index (κ3) is 10.2. The van der Waals surface area contributed by atoms with Gasteiger partial charge in [0, 0.05) is 20.1 Å². The molecule has 0 heterocycles. The normalized spacial score (nSPS) is 11.8. The average Bonchev–Trinajstić information content (AvgIpc) is 2.50. The number of halogens is 2. The summed E-state index contributed by atoms with van der Waals surface area (Å²) in [6, 6.07) is 1.77. The van der Waals surface area contributed by atoms with Gasteiger partial charge in [-0.25, -0.2) is 33.7 Å². The van der Waals surface area contributed by atoms with Crippen LogP contribution in [0.5, 0.6) is 0 Å². The fourth-order valence-corrected chi connectivity index (χ4v) is 6.98. The minimum absolute atomic E-state index is 0. The number of benzene rings is 2. The molecule has 2 rings (SSSR count). The van der Waals surface area contributed by atoms with E-state index >= 15 is 0 Å². The van der Waals surface area contributed by atoms with E-state index in [-0.39, 0.29) is 118 Å². The third-order valence-electron chi connectivity index (χ3n) is 3.39. The van der Waals surface area contributed by atoms with Gasteiger partial charge in [-0.2, -0.15) is 0 Å². The van der Waals surface area contributed by atoms with Gasteiger partial charge in [0.2, 0.25) is 0 Å². The Morgan fingerprint density at radius 1 is 0.441 bits per heavy atom. The Hall–Kier alpha value is 3.04. The van der Waals surface area contributed by atoms with Crippen LogP contribution in [0.3, 0.4) is 0 Å². The van der Waals surface area contributed by atoms with Crippen LogP contribution in [0.1, 0.15) is 0 Å². The Labute approximate surface area is 300 Å². The molecule has 34 heavy (non-hydrogen) atoms. The summed E-state index contributed by atoms with van der Waals surface area (Å²) in [6.45, 7) is 0. The van der Waals surface area contributed by atoms with Gasteiger partial charge in [-0.1, -0.05) is 31.9 Å². The SMILES string of the molecule is O=S(=O)([O-])c1cc(Br)cc(S(=O)(=O)[O-])c1-c1c(S(=O)(=O)[O-])cc(Br)cc1S(=O)(=O)[O-].[Na+].[Na+].[Na+].[Na+]. The molecule has 0 aromatic heterocycles. The van der Waals surface area contributed by atoms with Crippen LogP contribution in [-0.2, 0) is 40.5 Å². The van der Waals surface area contributed by atoms with Crippen LogP contribution in [0.4, 0.5) is 0 Å². The van der Waals surface area contributed by atoms with Gasteiger partial charge in [-0.3, -0.25) is 0 Å². The van der Waals surface area contributed by atoms with Crippen LogP contribution in [0, 0.1) is 0 Å². The molecule has 12 nitrogen and oxygen atoms in total. The minimum atomic E-state index is -5.71. The molecule has 0 fully saturated rings. The van der Waals surface area contributed by atoms with E-state index in [1.54, 1.807) is 0 Å². The smallest absolute Gasteiger partial charge is 0.744 e. The molecule has 0 unspecified atom stereocenters. The number of hydrogen-bond donors (Lipinski definition) is 0. The third-order valence-corrected chi connectivity index (χ3v) is 7.75. The number of hydrogen-bond acceptors (Lipinski definition) is 12. The molecule has 166 valence electrons. The first-order chi connectivity index (χ1) is 13.2. The van der Waals surface area contributed by atoms with Crippen LogP contribution in [-0.4, -0.2) is 51.9 Å². The summed E-state index contributed by atoms with van der Waals surface area (Å²) in [5.74, 6) is 0. The molecule has 0 atom stereocenters. The molecule has 2 aromatic rings. The Bertz CT molecular complexity index is 1290. The van der Waals surface area contributed by atoms with Crippen molar-refractivity contribution in [1.29, 1.82) is 0 Å². The molecule has 0 aliphatic carbocycles. The quantitative estimate of drug-likeness (QED) is 0.207. The summed E-state index contributed by atoms with van der Waals surface area (Å²) in [7, 11) is -22.8. The maximum absolute atomic E-state index is 11.7. The second kappa shape index (κ2) is 14.6. The molecule has 0 saturated carbocycles. The molecular formula is C12H4Br2Na4O12S4. The predicted molar refractivity (Wildman–Crippen MR) is 99.1 cm³/mol. The minimum Gasteiger partial charge on any atom is -0.744 e. The fraction of sp³-hybridized carbons (Fsp3) is 0. The molecule has 0 N–H and O–H groups in total. The Morgan fingerprint density at radius 2 is 0.588 bits per heavy atom. The van der Waals surface area contributed by atoms with Crippen molar-refractivity contribution in [2.75, 3.05) is 0 Å². The van der Waals surface area contributed by atoms with E-state index in [4.69, 9.17) is 0 Å². The van der Waals surface area contributed by atoms with Crippen molar-refractivity contribution in [3.63, 3.8) is 0 Å². The Kier molecular flexibility index (Phi) is 17.8. The van der Waals surface area contributed by atoms with Gasteiger partial charge >= 0.3 is 118 Å². The van der Waals surface area contributed by atoms with Gasteiger partial charge in [0.15, 0.2) is 0 Å². The van der Waals surface area contributed by atoms with E-state index in [2.05, 4.69) is 31.9 Å². The standard InChI is InChI=1S/C12H8Br2O12S4.4Na/c13-5-1-7(27(15,16)17)11(8(2-5)28(18,19)20)12-9(29(21,22)23)3-6(14)4-10(12)30(24,25)26;;;;/h1-4H,(H,15,16,17)(H,18,19,20)(H,21,22,23)(H,24,25,26);;;;/q;4*+1/p-4. The monoisotopic (exact) mass is 718 g/mol. The molecule has 0 bridgehead atoms. The zero-order valence-corrected chi connectivity index (χ0v) is 32.0. The van der Waals surface area contributed by atoms with Crippen LogP contribution >= 0.6 is 31.9 Å². The summed E-state index contributed by atoms with van der Waals surface area (Å²) in [4.78, 5) is -6.27. The van der Waals surface area contributed by atoms with E-state index < -0.39 is 80.1 Å². The van der Waals surface area contributed by atoms with E-state index in [0.717, 1.165) is 0 Å². The van der Waals surface area contributed by atoms with Gasteiger partial charge < -0.3 is 18.2 Å². The van der Waals surface area contributed by atoms with E-state index in [1.165, 1.54) is 0 Å². The van der Waals surface area contributed by atoms with Crippen molar-refractivity contribution < 1.29 is 170 Å². The molecular weight excluding hydrogens is 716 g/mol. The molecule has 0 aliphatic heterocycles. The van der Waals surface area contributed by atoms with Gasteiger partial charge in [-0.15, -0.1) is 0 Å². The molecule has 0 spiro atoms. The maximum atomic E-state index is 11.7. The topological polar surface area (TPSA) is 229 Å². The molecule has 0 amide bonds.